The summed E-state index contributed by atoms with van der Waals surface area (Å²) in [5.41, 5.74) is -0.310. The van der Waals surface area contributed by atoms with Gasteiger partial charge in [-0.05, 0) is 25.2 Å². The molecule has 102 valence electrons. The molecule has 0 saturated heterocycles. The van der Waals surface area contributed by atoms with E-state index in [2.05, 4.69) is 0 Å². The van der Waals surface area contributed by atoms with E-state index in [1.54, 1.807) is 6.92 Å². The van der Waals surface area contributed by atoms with E-state index in [0.29, 0.717) is 12.8 Å². The molecule has 1 atom stereocenters. The Labute approximate surface area is 104 Å². The van der Waals surface area contributed by atoms with Crippen molar-refractivity contribution in [1.29, 1.82) is 0 Å². The third kappa shape index (κ3) is 2.02. The van der Waals surface area contributed by atoms with Crippen LogP contribution in [0.2, 0.25) is 0 Å². The number of methoxy groups -OCH3 is 1. The lowest BCUT2D eigenvalue weighted by atomic mass is 9.89. The van der Waals surface area contributed by atoms with Crippen LogP contribution in [0.5, 0.6) is 0 Å². The zero-order chi connectivity index (χ0) is 13.5. The molecule has 1 aliphatic rings. The molecule has 4 nitrogen and oxygen atoms in total. The van der Waals surface area contributed by atoms with E-state index >= 15 is 0 Å². The highest BCUT2D eigenvalue weighted by Crippen LogP contribution is 2.58. The molecule has 1 aliphatic carbocycles. The molecule has 1 N–H and O–H groups in total. The Kier molecular flexibility index (Phi) is 3.70. The number of aliphatic hydroxyl groups is 1. The molecule has 1 fully saturated rings. The summed E-state index contributed by atoms with van der Waals surface area (Å²) in [7, 11) is -1.98. The van der Waals surface area contributed by atoms with Gasteiger partial charge in [0.05, 0.1) is 18.0 Å². The van der Waals surface area contributed by atoms with Gasteiger partial charge in [-0.25, -0.2) is 8.42 Å². The van der Waals surface area contributed by atoms with Crippen LogP contribution in [-0.2, 0) is 14.6 Å². The standard InChI is InChI=1S/C12H24O4S/c1-10(2,3)12(6-7-12)17(14,15)11(4,8-13)9-16-5/h13H,6-9H2,1-5H3. The molecule has 0 radical (unpaired) electrons. The minimum Gasteiger partial charge on any atom is -0.395 e. The van der Waals surface area contributed by atoms with Gasteiger partial charge in [0, 0.05) is 7.11 Å². The largest absolute Gasteiger partial charge is 0.395 e. The zero-order valence-electron chi connectivity index (χ0n) is 11.4. The van der Waals surface area contributed by atoms with Crippen LogP contribution in [0.3, 0.4) is 0 Å². The van der Waals surface area contributed by atoms with Gasteiger partial charge in [-0.2, -0.15) is 0 Å². The molecule has 17 heavy (non-hydrogen) atoms. The lowest BCUT2D eigenvalue weighted by Crippen LogP contribution is -2.53. The fourth-order valence-electron chi connectivity index (χ4n) is 2.52. The van der Waals surface area contributed by atoms with Crippen LogP contribution in [0, 0.1) is 5.41 Å². The van der Waals surface area contributed by atoms with Gasteiger partial charge in [-0.1, -0.05) is 20.8 Å². The first-order valence-corrected chi connectivity index (χ1v) is 7.40. The molecule has 0 heterocycles. The van der Waals surface area contributed by atoms with Gasteiger partial charge in [-0.15, -0.1) is 0 Å². The van der Waals surface area contributed by atoms with Gasteiger partial charge in [0.15, 0.2) is 9.84 Å². The summed E-state index contributed by atoms with van der Waals surface area (Å²) in [5, 5.41) is 9.45. The van der Waals surface area contributed by atoms with Crippen molar-refractivity contribution < 1.29 is 18.3 Å². The molecule has 0 aromatic heterocycles. The molecule has 1 saturated carbocycles. The van der Waals surface area contributed by atoms with Gasteiger partial charge in [0.25, 0.3) is 0 Å². The Morgan fingerprint density at radius 3 is 1.94 bits per heavy atom. The first kappa shape index (κ1) is 14.9. The van der Waals surface area contributed by atoms with Crippen molar-refractivity contribution in [2.45, 2.75) is 50.0 Å². The number of hydrogen-bond donors (Lipinski definition) is 1. The Balaban J connectivity index is 3.20. The molecule has 1 unspecified atom stereocenters. The topological polar surface area (TPSA) is 63.6 Å². The lowest BCUT2D eigenvalue weighted by Gasteiger charge is -2.38. The number of hydrogen-bond acceptors (Lipinski definition) is 4. The van der Waals surface area contributed by atoms with E-state index in [0.717, 1.165) is 0 Å². The minimum atomic E-state index is -3.43. The highest BCUT2D eigenvalue weighted by Gasteiger charge is 2.66. The summed E-state index contributed by atoms with van der Waals surface area (Å²) < 4.78 is 28.6. The molecule has 0 amide bonds. The third-order valence-corrected chi connectivity index (χ3v) is 7.61. The summed E-state index contributed by atoms with van der Waals surface area (Å²) in [6.45, 7) is 7.04. The van der Waals surface area contributed by atoms with Gasteiger partial charge in [-0.3, -0.25) is 0 Å². The highest BCUT2D eigenvalue weighted by atomic mass is 32.2. The van der Waals surface area contributed by atoms with Crippen molar-refractivity contribution >= 4 is 9.84 Å². The van der Waals surface area contributed by atoms with Crippen LogP contribution >= 0.6 is 0 Å². The van der Waals surface area contributed by atoms with Gasteiger partial charge >= 0.3 is 0 Å². The Hall–Kier alpha value is -0.130. The van der Waals surface area contributed by atoms with Gasteiger partial charge in [0.2, 0.25) is 0 Å². The molecular formula is C12H24O4S. The molecule has 0 aromatic carbocycles. The average molecular weight is 264 g/mol. The van der Waals surface area contributed by atoms with Crippen LogP contribution in [-0.4, -0.2) is 43.3 Å². The van der Waals surface area contributed by atoms with Gasteiger partial charge in [0.1, 0.15) is 4.75 Å². The van der Waals surface area contributed by atoms with E-state index in [1.807, 2.05) is 20.8 Å². The fourth-order valence-corrected chi connectivity index (χ4v) is 5.35. The summed E-state index contributed by atoms with van der Waals surface area (Å²) in [6.07, 6.45) is 1.36. The van der Waals surface area contributed by atoms with Crippen molar-refractivity contribution in [3.8, 4) is 0 Å². The van der Waals surface area contributed by atoms with Crippen LogP contribution in [0.25, 0.3) is 0 Å². The maximum Gasteiger partial charge on any atom is 0.166 e. The summed E-state index contributed by atoms with van der Waals surface area (Å²) >= 11 is 0. The number of rotatable bonds is 5. The van der Waals surface area contributed by atoms with Crippen LogP contribution in [0.1, 0.15) is 40.5 Å². The van der Waals surface area contributed by atoms with E-state index < -0.39 is 25.9 Å². The molecular weight excluding hydrogens is 240 g/mol. The highest BCUT2D eigenvalue weighted by molar-refractivity contribution is 7.94. The summed E-state index contributed by atoms with van der Waals surface area (Å²) in [6, 6.07) is 0. The first-order chi connectivity index (χ1) is 7.58. The number of ether oxygens (including phenoxy) is 1. The van der Waals surface area contributed by atoms with Crippen LogP contribution in [0.4, 0.5) is 0 Å². The molecule has 5 heteroatoms. The fraction of sp³-hybridized carbons (Fsp3) is 1.00. The lowest BCUT2D eigenvalue weighted by molar-refractivity contribution is 0.129. The average Bonchev–Trinajstić information content (AvgIpc) is 2.97. The Bertz CT molecular complexity index is 376. The number of sulfone groups is 1. The summed E-state index contributed by atoms with van der Waals surface area (Å²) in [4.78, 5) is 0. The van der Waals surface area contributed by atoms with Crippen molar-refractivity contribution in [1.82, 2.24) is 0 Å². The van der Waals surface area contributed by atoms with Crippen LogP contribution in [0.15, 0.2) is 0 Å². The van der Waals surface area contributed by atoms with E-state index in [1.165, 1.54) is 7.11 Å². The minimum absolute atomic E-state index is 0.0314. The van der Waals surface area contributed by atoms with Crippen LogP contribution < -0.4 is 0 Å². The summed E-state index contributed by atoms with van der Waals surface area (Å²) in [5.74, 6) is 0. The Morgan fingerprint density at radius 2 is 1.71 bits per heavy atom. The molecule has 1 rings (SSSR count). The van der Waals surface area contributed by atoms with Gasteiger partial charge < -0.3 is 9.84 Å². The maximum absolute atomic E-state index is 12.8. The second-order valence-corrected chi connectivity index (χ2v) is 9.06. The molecule has 0 aliphatic heterocycles. The number of aliphatic hydroxyl groups excluding tert-OH is 1. The van der Waals surface area contributed by atoms with E-state index in [-0.39, 0.29) is 12.0 Å². The second-order valence-electron chi connectivity index (χ2n) is 6.29. The quantitative estimate of drug-likeness (QED) is 0.815. The maximum atomic E-state index is 12.8. The normalized spacial score (nSPS) is 23.2. The van der Waals surface area contributed by atoms with E-state index in [9.17, 15) is 13.5 Å². The smallest absolute Gasteiger partial charge is 0.166 e. The Morgan fingerprint density at radius 1 is 1.24 bits per heavy atom. The first-order valence-electron chi connectivity index (χ1n) is 5.92. The van der Waals surface area contributed by atoms with Crippen molar-refractivity contribution in [3.05, 3.63) is 0 Å². The second kappa shape index (κ2) is 4.21. The monoisotopic (exact) mass is 264 g/mol. The SMILES string of the molecule is COCC(C)(CO)S(=O)(=O)C1(C(C)(C)C)CC1. The predicted octanol–water partition coefficient (Wildman–Crippen LogP) is 1.38. The zero-order valence-corrected chi connectivity index (χ0v) is 12.2. The van der Waals surface area contributed by atoms with E-state index in [4.69, 9.17) is 4.74 Å². The van der Waals surface area contributed by atoms with Crippen molar-refractivity contribution in [3.63, 3.8) is 0 Å². The van der Waals surface area contributed by atoms with Crippen molar-refractivity contribution in [2.24, 2.45) is 5.41 Å². The molecule has 0 aromatic rings. The third-order valence-electron chi connectivity index (χ3n) is 4.02. The molecule has 0 spiro atoms. The van der Waals surface area contributed by atoms with Crippen molar-refractivity contribution in [2.75, 3.05) is 20.3 Å². The predicted molar refractivity (Wildman–Crippen MR) is 67.7 cm³/mol. The molecule has 0 bridgehead atoms.